The molecule has 2 heteroatoms. The summed E-state index contributed by atoms with van der Waals surface area (Å²) in [5, 5.41) is 3.50. The Morgan fingerprint density at radius 2 is 2.00 bits per heavy atom. The van der Waals surface area contributed by atoms with Gasteiger partial charge in [0.2, 0.25) is 0 Å². The van der Waals surface area contributed by atoms with Crippen LogP contribution in [-0.2, 0) is 0 Å². The molecule has 1 aliphatic carbocycles. The van der Waals surface area contributed by atoms with E-state index in [0.717, 1.165) is 11.3 Å². The van der Waals surface area contributed by atoms with Gasteiger partial charge in [-0.3, -0.25) is 0 Å². The van der Waals surface area contributed by atoms with Crippen LogP contribution in [0.25, 0.3) is 0 Å². The van der Waals surface area contributed by atoms with Crippen LogP contribution >= 0.6 is 11.8 Å². The van der Waals surface area contributed by atoms with Gasteiger partial charge in [-0.1, -0.05) is 19.8 Å². The van der Waals surface area contributed by atoms with Crippen molar-refractivity contribution < 1.29 is 0 Å². The van der Waals surface area contributed by atoms with Gasteiger partial charge in [0, 0.05) is 13.1 Å². The zero-order chi connectivity index (χ0) is 9.86. The molecule has 82 valence electrons. The van der Waals surface area contributed by atoms with E-state index in [1.54, 1.807) is 0 Å². The Morgan fingerprint density at radius 1 is 1.29 bits per heavy atom. The molecule has 1 saturated carbocycles. The molecule has 0 amide bonds. The van der Waals surface area contributed by atoms with Crippen LogP contribution in [0.15, 0.2) is 0 Å². The molecule has 0 atom stereocenters. The highest BCUT2D eigenvalue weighted by atomic mass is 32.2. The van der Waals surface area contributed by atoms with Gasteiger partial charge < -0.3 is 5.32 Å². The lowest BCUT2D eigenvalue weighted by molar-refractivity contribution is 0.0775. The molecule has 1 aliphatic heterocycles. The monoisotopic (exact) mass is 213 g/mol. The van der Waals surface area contributed by atoms with Gasteiger partial charge >= 0.3 is 0 Å². The molecule has 0 unspecified atom stereocenters. The van der Waals surface area contributed by atoms with Crippen LogP contribution in [0.3, 0.4) is 0 Å². The highest BCUT2D eigenvalue weighted by Crippen LogP contribution is 2.45. The highest BCUT2D eigenvalue weighted by Gasteiger charge is 2.43. The van der Waals surface area contributed by atoms with Crippen LogP contribution in [0.4, 0.5) is 0 Å². The van der Waals surface area contributed by atoms with Crippen molar-refractivity contribution >= 4 is 11.8 Å². The van der Waals surface area contributed by atoms with Gasteiger partial charge in [0.25, 0.3) is 0 Å². The minimum Gasteiger partial charge on any atom is -0.316 e. The maximum absolute atomic E-state index is 3.50. The fourth-order valence-corrected chi connectivity index (χ4v) is 3.91. The molecule has 14 heavy (non-hydrogen) atoms. The zero-order valence-corrected chi connectivity index (χ0v) is 10.2. The average molecular weight is 213 g/mol. The normalized spacial score (nSPS) is 26.4. The molecule has 1 nitrogen and oxygen atoms in total. The number of rotatable bonds is 5. The molecule has 0 radical (unpaired) electrons. The summed E-state index contributed by atoms with van der Waals surface area (Å²) in [5.74, 6) is 3.73. The first kappa shape index (κ1) is 10.8. The molecule has 0 aromatic heterocycles. The molecule has 1 saturated heterocycles. The summed E-state index contributed by atoms with van der Waals surface area (Å²) < 4.78 is 0. The van der Waals surface area contributed by atoms with E-state index in [2.05, 4.69) is 24.0 Å². The molecule has 1 N–H and O–H groups in total. The second-order valence-corrected chi connectivity index (χ2v) is 6.29. The molecular formula is C12H23NS. The first-order chi connectivity index (χ1) is 6.87. The van der Waals surface area contributed by atoms with Crippen molar-refractivity contribution in [3.63, 3.8) is 0 Å². The van der Waals surface area contributed by atoms with Crippen LogP contribution in [0.5, 0.6) is 0 Å². The summed E-state index contributed by atoms with van der Waals surface area (Å²) in [5.41, 5.74) is 0.721. The van der Waals surface area contributed by atoms with Gasteiger partial charge in [0.1, 0.15) is 0 Å². The molecule has 2 aliphatic rings. The summed E-state index contributed by atoms with van der Waals surface area (Å²) >= 11 is 2.12. The number of hydrogen-bond acceptors (Lipinski definition) is 2. The first-order valence-corrected chi connectivity index (χ1v) is 7.31. The van der Waals surface area contributed by atoms with Crippen LogP contribution in [-0.4, -0.2) is 24.6 Å². The van der Waals surface area contributed by atoms with Crippen LogP contribution < -0.4 is 5.32 Å². The maximum atomic E-state index is 3.50. The quantitative estimate of drug-likeness (QED) is 0.705. The fraction of sp³-hybridized carbons (Fsp3) is 1.00. The fourth-order valence-electron chi connectivity index (χ4n) is 3.07. The van der Waals surface area contributed by atoms with Gasteiger partial charge in [-0.25, -0.2) is 0 Å². The Labute approximate surface area is 92.4 Å². The average Bonchev–Trinajstić information content (AvgIpc) is 2.62. The Bertz CT molecular complexity index is 171. The number of hydrogen-bond donors (Lipinski definition) is 1. The Kier molecular flexibility index (Phi) is 3.78. The molecule has 0 aromatic rings. The topological polar surface area (TPSA) is 12.0 Å². The third kappa shape index (κ3) is 2.11. The number of nitrogens with one attached hydrogen (secondary N) is 1. The highest BCUT2D eigenvalue weighted by molar-refractivity contribution is 7.99. The van der Waals surface area contributed by atoms with Crippen LogP contribution in [0.2, 0.25) is 0 Å². The second kappa shape index (κ2) is 4.89. The molecule has 1 heterocycles. The van der Waals surface area contributed by atoms with E-state index < -0.39 is 0 Å². The van der Waals surface area contributed by atoms with E-state index in [-0.39, 0.29) is 0 Å². The lowest BCUT2D eigenvalue weighted by Gasteiger charge is -2.47. The van der Waals surface area contributed by atoms with Crippen LogP contribution in [0, 0.1) is 11.3 Å². The van der Waals surface area contributed by atoms with Gasteiger partial charge in [-0.15, -0.1) is 0 Å². The third-order valence-corrected chi connectivity index (χ3v) is 5.02. The van der Waals surface area contributed by atoms with Crippen molar-refractivity contribution in [2.45, 2.75) is 39.0 Å². The van der Waals surface area contributed by atoms with E-state index in [9.17, 15) is 0 Å². The standard InChI is InChI=1S/C12H23NS/c1-2-14-8-7-12(9-13-10-12)11-5-3-4-6-11/h11,13H,2-10H2,1H3. The van der Waals surface area contributed by atoms with Crippen molar-refractivity contribution in [3.05, 3.63) is 0 Å². The molecular weight excluding hydrogens is 190 g/mol. The van der Waals surface area contributed by atoms with Crippen LogP contribution in [0.1, 0.15) is 39.0 Å². The lowest BCUT2D eigenvalue weighted by Crippen LogP contribution is -2.57. The van der Waals surface area contributed by atoms with Crippen molar-refractivity contribution in [2.75, 3.05) is 24.6 Å². The molecule has 0 aromatic carbocycles. The maximum Gasteiger partial charge on any atom is 0.00232 e. The van der Waals surface area contributed by atoms with E-state index in [1.165, 1.54) is 56.7 Å². The van der Waals surface area contributed by atoms with E-state index in [4.69, 9.17) is 0 Å². The van der Waals surface area contributed by atoms with E-state index in [0.29, 0.717) is 0 Å². The first-order valence-electron chi connectivity index (χ1n) is 6.16. The largest absolute Gasteiger partial charge is 0.316 e. The molecule has 2 fully saturated rings. The predicted octanol–water partition coefficient (Wildman–Crippen LogP) is 2.91. The summed E-state index contributed by atoms with van der Waals surface area (Å²) in [4.78, 5) is 0. The van der Waals surface area contributed by atoms with Gasteiger partial charge in [-0.2, -0.15) is 11.8 Å². The second-order valence-electron chi connectivity index (χ2n) is 4.89. The lowest BCUT2D eigenvalue weighted by atomic mass is 9.68. The van der Waals surface area contributed by atoms with Crippen molar-refractivity contribution in [3.8, 4) is 0 Å². The van der Waals surface area contributed by atoms with Crippen molar-refractivity contribution in [2.24, 2.45) is 11.3 Å². The molecule has 2 rings (SSSR count). The van der Waals surface area contributed by atoms with E-state index in [1.807, 2.05) is 0 Å². The SMILES string of the molecule is CCSCCC1(C2CCCC2)CNC1. The van der Waals surface area contributed by atoms with Gasteiger partial charge in [-0.05, 0) is 42.1 Å². The predicted molar refractivity (Wildman–Crippen MR) is 64.9 cm³/mol. The minimum atomic E-state index is 0.721. The smallest absolute Gasteiger partial charge is 0.00232 e. The Hall–Kier alpha value is 0.310. The minimum absolute atomic E-state index is 0.721. The number of thioether (sulfide) groups is 1. The van der Waals surface area contributed by atoms with Gasteiger partial charge in [0.05, 0.1) is 0 Å². The Balaban J connectivity index is 1.82. The van der Waals surface area contributed by atoms with E-state index >= 15 is 0 Å². The van der Waals surface area contributed by atoms with Crippen molar-refractivity contribution in [1.82, 2.24) is 5.32 Å². The summed E-state index contributed by atoms with van der Waals surface area (Å²) in [6.45, 7) is 4.88. The van der Waals surface area contributed by atoms with Crippen molar-refractivity contribution in [1.29, 1.82) is 0 Å². The summed E-state index contributed by atoms with van der Waals surface area (Å²) in [7, 11) is 0. The Morgan fingerprint density at radius 3 is 2.50 bits per heavy atom. The summed E-state index contributed by atoms with van der Waals surface area (Å²) in [6.07, 6.45) is 7.47. The molecule has 0 spiro atoms. The molecule has 0 bridgehead atoms. The van der Waals surface area contributed by atoms with Gasteiger partial charge in [0.15, 0.2) is 0 Å². The third-order valence-electron chi connectivity index (χ3n) is 4.12. The summed E-state index contributed by atoms with van der Waals surface area (Å²) in [6, 6.07) is 0. The zero-order valence-electron chi connectivity index (χ0n) is 9.35.